The molecule has 0 aromatic heterocycles. The monoisotopic (exact) mass is 277 g/mol. The van der Waals surface area contributed by atoms with Crippen molar-refractivity contribution in [2.75, 3.05) is 13.1 Å². The molecular formula is C15H16FNO3. The number of hydrogen-bond donors (Lipinski definition) is 1. The lowest BCUT2D eigenvalue weighted by molar-refractivity contribution is -0.144. The van der Waals surface area contributed by atoms with E-state index in [0.717, 1.165) is 5.56 Å². The highest BCUT2D eigenvalue weighted by molar-refractivity contribution is 5.91. The van der Waals surface area contributed by atoms with Crippen LogP contribution in [0.4, 0.5) is 4.39 Å². The Labute approximate surface area is 116 Å². The molecule has 20 heavy (non-hydrogen) atoms. The lowest BCUT2D eigenvalue weighted by Gasteiger charge is -2.29. The third kappa shape index (κ3) is 3.66. The third-order valence-electron chi connectivity index (χ3n) is 3.44. The van der Waals surface area contributed by atoms with E-state index in [1.54, 1.807) is 23.1 Å². The lowest BCUT2D eigenvalue weighted by Crippen LogP contribution is -2.39. The number of benzene rings is 1. The molecule has 1 aliphatic rings. The highest BCUT2D eigenvalue weighted by Gasteiger charge is 2.25. The van der Waals surface area contributed by atoms with Crippen molar-refractivity contribution in [3.8, 4) is 0 Å². The zero-order chi connectivity index (χ0) is 14.5. The first-order valence-corrected chi connectivity index (χ1v) is 6.51. The number of aliphatic carboxylic acids is 1. The Morgan fingerprint density at radius 1 is 1.20 bits per heavy atom. The van der Waals surface area contributed by atoms with E-state index in [4.69, 9.17) is 5.11 Å². The molecule has 5 heteroatoms. The number of carboxylic acid groups (broad SMARTS) is 1. The van der Waals surface area contributed by atoms with Gasteiger partial charge in [-0.05, 0) is 36.6 Å². The summed E-state index contributed by atoms with van der Waals surface area (Å²) in [6.07, 6.45) is 4.05. The lowest BCUT2D eigenvalue weighted by atomic mass is 9.97. The molecule has 1 saturated heterocycles. The Bertz CT molecular complexity index is 516. The van der Waals surface area contributed by atoms with Gasteiger partial charge in [-0.2, -0.15) is 0 Å². The molecule has 0 saturated carbocycles. The summed E-state index contributed by atoms with van der Waals surface area (Å²) in [7, 11) is 0. The van der Waals surface area contributed by atoms with Gasteiger partial charge in [0.15, 0.2) is 0 Å². The fourth-order valence-corrected chi connectivity index (χ4v) is 2.19. The van der Waals surface area contributed by atoms with Crippen LogP contribution in [0, 0.1) is 11.7 Å². The highest BCUT2D eigenvalue weighted by Crippen LogP contribution is 2.17. The van der Waals surface area contributed by atoms with Crippen molar-refractivity contribution in [2.45, 2.75) is 12.8 Å². The van der Waals surface area contributed by atoms with Crippen molar-refractivity contribution in [2.24, 2.45) is 5.92 Å². The zero-order valence-corrected chi connectivity index (χ0v) is 11.0. The van der Waals surface area contributed by atoms with Crippen molar-refractivity contribution in [3.05, 3.63) is 41.7 Å². The molecule has 1 N–H and O–H groups in total. The molecule has 4 nitrogen and oxygen atoms in total. The topological polar surface area (TPSA) is 57.6 Å². The van der Waals surface area contributed by atoms with E-state index in [1.807, 2.05) is 0 Å². The van der Waals surface area contributed by atoms with Gasteiger partial charge in [0, 0.05) is 19.2 Å². The van der Waals surface area contributed by atoms with Gasteiger partial charge in [-0.1, -0.05) is 12.1 Å². The Kier molecular flexibility index (Phi) is 4.50. The van der Waals surface area contributed by atoms with E-state index >= 15 is 0 Å². The molecule has 0 bridgehead atoms. The number of carboxylic acids is 1. The molecular weight excluding hydrogens is 261 g/mol. The predicted molar refractivity (Wildman–Crippen MR) is 72.4 cm³/mol. The predicted octanol–water partition coefficient (Wildman–Crippen LogP) is 2.16. The summed E-state index contributed by atoms with van der Waals surface area (Å²) in [4.78, 5) is 24.4. The number of hydrogen-bond acceptors (Lipinski definition) is 2. The van der Waals surface area contributed by atoms with Gasteiger partial charge in [0.05, 0.1) is 5.92 Å². The first-order chi connectivity index (χ1) is 9.56. The fraction of sp³-hybridized carbons (Fsp3) is 0.333. The summed E-state index contributed by atoms with van der Waals surface area (Å²) in [5.74, 6) is -1.60. The molecule has 1 aromatic rings. The summed E-state index contributed by atoms with van der Waals surface area (Å²) in [6, 6.07) is 5.86. The van der Waals surface area contributed by atoms with E-state index < -0.39 is 5.97 Å². The van der Waals surface area contributed by atoms with Crippen LogP contribution in [0.5, 0.6) is 0 Å². The number of amides is 1. The van der Waals surface area contributed by atoms with E-state index in [2.05, 4.69) is 0 Å². The number of piperidine rings is 1. The Hall–Kier alpha value is -2.17. The van der Waals surface area contributed by atoms with Crippen LogP contribution < -0.4 is 0 Å². The number of nitrogens with zero attached hydrogens (tertiary/aromatic N) is 1. The van der Waals surface area contributed by atoms with Crippen LogP contribution >= 0.6 is 0 Å². The van der Waals surface area contributed by atoms with Crippen LogP contribution in [0.1, 0.15) is 18.4 Å². The van der Waals surface area contributed by atoms with Gasteiger partial charge in [0.1, 0.15) is 5.82 Å². The molecule has 1 aliphatic heterocycles. The molecule has 2 rings (SSSR count). The molecule has 1 amide bonds. The maximum atomic E-state index is 12.7. The van der Waals surface area contributed by atoms with Gasteiger partial charge < -0.3 is 10.0 Å². The summed E-state index contributed by atoms with van der Waals surface area (Å²) < 4.78 is 12.7. The quantitative estimate of drug-likeness (QED) is 0.861. The van der Waals surface area contributed by atoms with Crippen molar-refractivity contribution >= 4 is 18.0 Å². The largest absolute Gasteiger partial charge is 0.481 e. The molecule has 1 aromatic carbocycles. The summed E-state index contributed by atoms with van der Waals surface area (Å²) in [6.45, 7) is 0.924. The number of rotatable bonds is 3. The maximum absolute atomic E-state index is 12.7. The van der Waals surface area contributed by atoms with Gasteiger partial charge in [-0.25, -0.2) is 4.39 Å². The first kappa shape index (κ1) is 14.2. The van der Waals surface area contributed by atoms with Crippen molar-refractivity contribution in [3.63, 3.8) is 0 Å². The fourth-order valence-electron chi connectivity index (χ4n) is 2.19. The van der Waals surface area contributed by atoms with Crippen molar-refractivity contribution in [1.29, 1.82) is 0 Å². The van der Waals surface area contributed by atoms with Crippen LogP contribution in [-0.2, 0) is 9.59 Å². The molecule has 0 aliphatic carbocycles. The zero-order valence-electron chi connectivity index (χ0n) is 11.0. The summed E-state index contributed by atoms with van der Waals surface area (Å²) >= 11 is 0. The average Bonchev–Trinajstić information content (AvgIpc) is 2.46. The molecule has 1 fully saturated rings. The first-order valence-electron chi connectivity index (χ1n) is 6.51. The van der Waals surface area contributed by atoms with Crippen molar-refractivity contribution < 1.29 is 19.1 Å². The highest BCUT2D eigenvalue weighted by atomic mass is 19.1. The second-order valence-electron chi connectivity index (χ2n) is 4.82. The SMILES string of the molecule is O=C(O)C1CCN(C(=O)C=Cc2ccc(F)cc2)CC1. The van der Waals surface area contributed by atoms with Gasteiger partial charge in [-0.15, -0.1) is 0 Å². The molecule has 0 radical (unpaired) electrons. The average molecular weight is 277 g/mol. The van der Waals surface area contributed by atoms with Crippen LogP contribution in [0.25, 0.3) is 6.08 Å². The molecule has 0 atom stereocenters. The van der Waals surface area contributed by atoms with Gasteiger partial charge >= 0.3 is 5.97 Å². The van der Waals surface area contributed by atoms with Crippen molar-refractivity contribution in [1.82, 2.24) is 4.90 Å². The van der Waals surface area contributed by atoms with Crippen LogP contribution in [0.15, 0.2) is 30.3 Å². The van der Waals surface area contributed by atoms with Crippen LogP contribution in [0.3, 0.4) is 0 Å². The number of carbonyl (C=O) groups excluding carboxylic acids is 1. The number of likely N-dealkylation sites (tertiary alicyclic amines) is 1. The standard InChI is InChI=1S/C15H16FNO3/c16-13-4-1-11(2-5-13)3-6-14(18)17-9-7-12(8-10-17)15(19)20/h1-6,12H,7-10H2,(H,19,20). The van der Waals surface area contributed by atoms with Crippen LogP contribution in [-0.4, -0.2) is 35.0 Å². The Balaban J connectivity index is 1.89. The minimum atomic E-state index is -0.793. The van der Waals surface area contributed by atoms with E-state index in [1.165, 1.54) is 18.2 Å². The molecule has 1 heterocycles. The van der Waals surface area contributed by atoms with Crippen LogP contribution in [0.2, 0.25) is 0 Å². The Morgan fingerprint density at radius 2 is 1.80 bits per heavy atom. The van der Waals surface area contributed by atoms with Gasteiger partial charge in [-0.3, -0.25) is 9.59 Å². The number of carbonyl (C=O) groups is 2. The summed E-state index contributed by atoms with van der Waals surface area (Å²) in [5, 5.41) is 8.89. The minimum absolute atomic E-state index is 0.141. The summed E-state index contributed by atoms with van der Waals surface area (Å²) in [5.41, 5.74) is 0.750. The number of halogens is 1. The van der Waals surface area contributed by atoms with E-state index in [0.29, 0.717) is 25.9 Å². The van der Waals surface area contributed by atoms with Gasteiger partial charge in [0.25, 0.3) is 0 Å². The van der Waals surface area contributed by atoms with E-state index in [9.17, 15) is 14.0 Å². The maximum Gasteiger partial charge on any atom is 0.306 e. The Morgan fingerprint density at radius 3 is 2.35 bits per heavy atom. The third-order valence-corrected chi connectivity index (χ3v) is 3.44. The molecule has 0 unspecified atom stereocenters. The minimum Gasteiger partial charge on any atom is -0.481 e. The van der Waals surface area contributed by atoms with Gasteiger partial charge in [0.2, 0.25) is 5.91 Å². The normalized spacial score (nSPS) is 16.6. The second kappa shape index (κ2) is 6.32. The smallest absolute Gasteiger partial charge is 0.306 e. The second-order valence-corrected chi connectivity index (χ2v) is 4.82. The van der Waals surface area contributed by atoms with E-state index in [-0.39, 0.29) is 17.6 Å². The molecule has 0 spiro atoms. The molecule has 106 valence electrons.